The lowest BCUT2D eigenvalue weighted by atomic mass is 10.1. The van der Waals surface area contributed by atoms with Crippen LogP contribution in [0.25, 0.3) is 0 Å². The Labute approximate surface area is 139 Å². The van der Waals surface area contributed by atoms with E-state index in [1.165, 1.54) is 0 Å². The Morgan fingerprint density at radius 3 is 2.35 bits per heavy atom. The molecule has 23 heavy (non-hydrogen) atoms. The number of benzene rings is 1. The Bertz CT molecular complexity index is 611. The van der Waals surface area contributed by atoms with Gasteiger partial charge in [0.05, 0.1) is 19.5 Å². The van der Waals surface area contributed by atoms with Gasteiger partial charge in [0.25, 0.3) is 0 Å². The predicted octanol–water partition coefficient (Wildman–Crippen LogP) is 1.56. The number of piperazine rings is 1. The van der Waals surface area contributed by atoms with E-state index in [1.807, 2.05) is 25.1 Å². The number of methoxy groups -OCH3 is 1. The van der Waals surface area contributed by atoms with Crippen LogP contribution in [-0.4, -0.2) is 63.3 Å². The van der Waals surface area contributed by atoms with Gasteiger partial charge in [0.15, 0.2) is 11.5 Å². The molecule has 0 bridgehead atoms. The van der Waals surface area contributed by atoms with Crippen molar-refractivity contribution in [2.75, 3.05) is 45.6 Å². The fourth-order valence-electron chi connectivity index (χ4n) is 2.69. The molecule has 0 spiro atoms. The van der Waals surface area contributed by atoms with E-state index in [9.17, 15) is 8.42 Å². The van der Waals surface area contributed by atoms with Crippen molar-refractivity contribution in [3.63, 3.8) is 0 Å². The van der Waals surface area contributed by atoms with Crippen molar-refractivity contribution in [2.24, 2.45) is 0 Å². The van der Waals surface area contributed by atoms with Gasteiger partial charge in [0.1, 0.15) is 0 Å². The van der Waals surface area contributed by atoms with Gasteiger partial charge in [-0.05, 0) is 31.5 Å². The molecule has 0 aliphatic carbocycles. The monoisotopic (exact) mass is 342 g/mol. The van der Waals surface area contributed by atoms with Crippen molar-refractivity contribution >= 4 is 10.0 Å². The second-order valence-corrected chi connectivity index (χ2v) is 7.75. The first-order valence-corrected chi connectivity index (χ1v) is 9.61. The average molecular weight is 342 g/mol. The molecule has 1 fully saturated rings. The topological polar surface area (TPSA) is 59.1 Å². The SMILES string of the molecule is CCOc1cc(CN2CCN(S(=O)(=O)CC)CC2)ccc1OC. The zero-order chi connectivity index (χ0) is 16.9. The summed E-state index contributed by atoms with van der Waals surface area (Å²) in [5.41, 5.74) is 1.14. The lowest BCUT2D eigenvalue weighted by Crippen LogP contribution is -2.48. The van der Waals surface area contributed by atoms with E-state index >= 15 is 0 Å². The first-order chi connectivity index (χ1) is 11.0. The van der Waals surface area contributed by atoms with Crippen LogP contribution in [0.5, 0.6) is 11.5 Å². The maximum absolute atomic E-state index is 11.9. The highest BCUT2D eigenvalue weighted by molar-refractivity contribution is 7.89. The molecule has 2 rings (SSSR count). The number of rotatable bonds is 7. The van der Waals surface area contributed by atoms with Crippen molar-refractivity contribution in [2.45, 2.75) is 20.4 Å². The molecule has 0 atom stereocenters. The average Bonchev–Trinajstić information content (AvgIpc) is 2.56. The molecule has 0 amide bonds. The summed E-state index contributed by atoms with van der Waals surface area (Å²) in [6.45, 7) is 7.62. The highest BCUT2D eigenvalue weighted by Gasteiger charge is 2.25. The third-order valence-corrected chi connectivity index (χ3v) is 5.91. The smallest absolute Gasteiger partial charge is 0.213 e. The molecule has 1 aliphatic heterocycles. The summed E-state index contributed by atoms with van der Waals surface area (Å²) >= 11 is 0. The molecule has 0 N–H and O–H groups in total. The molecule has 1 aromatic rings. The molecule has 6 nitrogen and oxygen atoms in total. The van der Waals surface area contributed by atoms with Crippen LogP contribution in [0.15, 0.2) is 18.2 Å². The van der Waals surface area contributed by atoms with E-state index in [0.717, 1.165) is 36.7 Å². The zero-order valence-electron chi connectivity index (χ0n) is 14.1. The van der Waals surface area contributed by atoms with Gasteiger partial charge in [0.2, 0.25) is 10.0 Å². The van der Waals surface area contributed by atoms with Crippen LogP contribution < -0.4 is 9.47 Å². The van der Waals surface area contributed by atoms with Crippen LogP contribution in [0.2, 0.25) is 0 Å². The standard InChI is InChI=1S/C16H26N2O4S/c1-4-22-16-12-14(6-7-15(16)21-3)13-17-8-10-18(11-9-17)23(19,20)5-2/h6-7,12H,4-5,8-11,13H2,1-3H3. The molecule has 7 heteroatoms. The molecule has 1 aliphatic rings. The van der Waals surface area contributed by atoms with Crippen molar-refractivity contribution in [1.29, 1.82) is 0 Å². The fourth-order valence-corrected chi connectivity index (χ4v) is 3.78. The van der Waals surface area contributed by atoms with E-state index in [1.54, 1.807) is 18.3 Å². The Hall–Kier alpha value is -1.31. The van der Waals surface area contributed by atoms with Gasteiger partial charge >= 0.3 is 0 Å². The lowest BCUT2D eigenvalue weighted by Gasteiger charge is -2.33. The third-order valence-electron chi connectivity index (χ3n) is 4.02. The Balaban J connectivity index is 1.97. The van der Waals surface area contributed by atoms with Crippen molar-refractivity contribution in [3.8, 4) is 11.5 Å². The van der Waals surface area contributed by atoms with Crippen LogP contribution in [0.3, 0.4) is 0 Å². The van der Waals surface area contributed by atoms with Crippen LogP contribution >= 0.6 is 0 Å². The second kappa shape index (κ2) is 7.99. The van der Waals surface area contributed by atoms with Crippen LogP contribution in [-0.2, 0) is 16.6 Å². The molecule has 0 radical (unpaired) electrons. The van der Waals surface area contributed by atoms with Gasteiger partial charge in [-0.2, -0.15) is 4.31 Å². The fraction of sp³-hybridized carbons (Fsp3) is 0.625. The van der Waals surface area contributed by atoms with Gasteiger partial charge in [-0.15, -0.1) is 0 Å². The molecule has 0 unspecified atom stereocenters. The quantitative estimate of drug-likeness (QED) is 0.753. The van der Waals surface area contributed by atoms with Gasteiger partial charge in [-0.3, -0.25) is 4.90 Å². The maximum atomic E-state index is 11.9. The second-order valence-electron chi connectivity index (χ2n) is 5.49. The van der Waals surface area contributed by atoms with Crippen LogP contribution in [0, 0.1) is 0 Å². The Morgan fingerprint density at radius 1 is 1.09 bits per heavy atom. The largest absolute Gasteiger partial charge is 0.493 e. The molecule has 0 saturated carbocycles. The Morgan fingerprint density at radius 2 is 1.78 bits per heavy atom. The van der Waals surface area contributed by atoms with E-state index in [4.69, 9.17) is 9.47 Å². The molecule has 0 aromatic heterocycles. The number of nitrogens with zero attached hydrogens (tertiary/aromatic N) is 2. The van der Waals surface area contributed by atoms with E-state index in [-0.39, 0.29) is 5.75 Å². The summed E-state index contributed by atoms with van der Waals surface area (Å²) in [4.78, 5) is 2.26. The van der Waals surface area contributed by atoms with E-state index in [2.05, 4.69) is 4.90 Å². The minimum Gasteiger partial charge on any atom is -0.493 e. The summed E-state index contributed by atoms with van der Waals surface area (Å²) in [6.07, 6.45) is 0. The summed E-state index contributed by atoms with van der Waals surface area (Å²) in [5.74, 6) is 1.65. The minimum absolute atomic E-state index is 0.170. The summed E-state index contributed by atoms with van der Waals surface area (Å²) in [7, 11) is -1.44. The number of hydrogen-bond acceptors (Lipinski definition) is 5. The number of sulfonamides is 1. The predicted molar refractivity (Wildman–Crippen MR) is 90.5 cm³/mol. The van der Waals surface area contributed by atoms with Crippen molar-refractivity contribution in [1.82, 2.24) is 9.21 Å². The molecular formula is C16H26N2O4S. The van der Waals surface area contributed by atoms with Gasteiger partial charge in [-0.25, -0.2) is 8.42 Å². The highest BCUT2D eigenvalue weighted by Crippen LogP contribution is 2.28. The maximum Gasteiger partial charge on any atom is 0.213 e. The summed E-state index contributed by atoms with van der Waals surface area (Å²) < 4.78 is 36.3. The highest BCUT2D eigenvalue weighted by atomic mass is 32.2. The summed E-state index contributed by atoms with van der Waals surface area (Å²) in [5, 5.41) is 0. The molecule has 1 heterocycles. The first kappa shape index (κ1) is 18.0. The Kier molecular flexibility index (Phi) is 6.26. The van der Waals surface area contributed by atoms with E-state index < -0.39 is 10.0 Å². The van der Waals surface area contributed by atoms with Gasteiger partial charge < -0.3 is 9.47 Å². The minimum atomic E-state index is -3.07. The third kappa shape index (κ3) is 4.59. The summed E-state index contributed by atoms with van der Waals surface area (Å²) in [6, 6.07) is 5.94. The van der Waals surface area contributed by atoms with Crippen LogP contribution in [0.1, 0.15) is 19.4 Å². The molecule has 1 aromatic carbocycles. The number of hydrogen-bond donors (Lipinski definition) is 0. The first-order valence-electron chi connectivity index (χ1n) is 8.00. The van der Waals surface area contributed by atoms with Crippen molar-refractivity contribution in [3.05, 3.63) is 23.8 Å². The molecule has 130 valence electrons. The van der Waals surface area contributed by atoms with Gasteiger partial charge in [0, 0.05) is 32.7 Å². The normalized spacial score (nSPS) is 17.2. The van der Waals surface area contributed by atoms with Gasteiger partial charge in [-0.1, -0.05) is 6.07 Å². The van der Waals surface area contributed by atoms with Crippen molar-refractivity contribution < 1.29 is 17.9 Å². The lowest BCUT2D eigenvalue weighted by molar-refractivity contribution is 0.181. The zero-order valence-corrected chi connectivity index (χ0v) is 14.9. The van der Waals surface area contributed by atoms with E-state index in [0.29, 0.717) is 19.7 Å². The molecule has 1 saturated heterocycles. The molecular weight excluding hydrogens is 316 g/mol. The number of ether oxygens (including phenoxy) is 2. The van der Waals surface area contributed by atoms with Crippen LogP contribution in [0.4, 0.5) is 0 Å².